The first-order valence-corrected chi connectivity index (χ1v) is 5.38. The summed E-state index contributed by atoms with van der Waals surface area (Å²) in [5.41, 5.74) is -0.805. The van der Waals surface area contributed by atoms with Gasteiger partial charge in [-0.2, -0.15) is 0 Å². The Bertz CT molecular complexity index is 543. The highest BCUT2D eigenvalue weighted by atomic mass is 19.1. The van der Waals surface area contributed by atoms with E-state index < -0.39 is 17.5 Å². The number of nitrogens with zero attached hydrogens (tertiary/aromatic N) is 1. The Labute approximate surface area is 97.0 Å². The molecule has 1 amide bonds. The van der Waals surface area contributed by atoms with Crippen molar-refractivity contribution in [3.05, 3.63) is 29.6 Å². The van der Waals surface area contributed by atoms with Crippen molar-refractivity contribution in [3.63, 3.8) is 0 Å². The summed E-state index contributed by atoms with van der Waals surface area (Å²) in [7, 11) is 0. The van der Waals surface area contributed by atoms with Crippen LogP contribution in [0, 0.1) is 5.82 Å². The Hall–Kier alpha value is -1.91. The van der Waals surface area contributed by atoms with E-state index in [1.54, 1.807) is 13.0 Å². The number of hydrogen-bond donors (Lipinski definition) is 0. The minimum Gasteiger partial charge on any atom is -0.435 e. The highest BCUT2D eigenvalue weighted by Crippen LogP contribution is 2.42. The minimum absolute atomic E-state index is 0.146. The number of amides is 1. The van der Waals surface area contributed by atoms with Gasteiger partial charge in [-0.25, -0.2) is 9.18 Å². The van der Waals surface area contributed by atoms with Crippen molar-refractivity contribution >= 4 is 17.6 Å². The van der Waals surface area contributed by atoms with Gasteiger partial charge >= 0.3 is 5.97 Å². The maximum atomic E-state index is 13.6. The second-order valence-electron chi connectivity index (χ2n) is 4.43. The predicted molar refractivity (Wildman–Crippen MR) is 56.9 cm³/mol. The maximum absolute atomic E-state index is 13.6. The zero-order chi connectivity index (χ0) is 12.2. The number of carbonyl (C=O) groups is 2. The van der Waals surface area contributed by atoms with Crippen LogP contribution in [0.2, 0.25) is 0 Å². The van der Waals surface area contributed by atoms with E-state index in [2.05, 4.69) is 0 Å². The molecule has 1 aromatic carbocycles. The number of carbonyl (C=O) groups excluding carboxylic acids is 2. The molecule has 0 radical (unpaired) electrons. The summed E-state index contributed by atoms with van der Waals surface area (Å²) in [6, 6.07) is 4.24. The van der Waals surface area contributed by atoms with E-state index >= 15 is 0 Å². The number of hydrogen-bond acceptors (Lipinski definition) is 3. The van der Waals surface area contributed by atoms with Crippen LogP contribution in [-0.4, -0.2) is 17.6 Å². The molecule has 2 heterocycles. The van der Waals surface area contributed by atoms with E-state index in [-0.39, 0.29) is 11.5 Å². The summed E-state index contributed by atoms with van der Waals surface area (Å²) in [5.74, 6) is -1.51. The van der Waals surface area contributed by atoms with Gasteiger partial charge in [-0.1, -0.05) is 6.07 Å². The van der Waals surface area contributed by atoms with Crippen molar-refractivity contribution in [1.82, 2.24) is 0 Å². The summed E-state index contributed by atoms with van der Waals surface area (Å²) >= 11 is 0. The summed E-state index contributed by atoms with van der Waals surface area (Å²) in [6.07, 6.45) is 0.743. The number of ether oxygens (including phenoxy) is 1. The van der Waals surface area contributed by atoms with Gasteiger partial charge in [0.25, 0.3) is 0 Å². The van der Waals surface area contributed by atoms with Gasteiger partial charge in [0, 0.05) is 12.8 Å². The van der Waals surface area contributed by atoms with Crippen LogP contribution < -0.4 is 4.90 Å². The van der Waals surface area contributed by atoms with E-state index in [9.17, 15) is 14.0 Å². The fourth-order valence-corrected chi connectivity index (χ4v) is 2.46. The zero-order valence-corrected chi connectivity index (χ0v) is 9.20. The molecule has 1 atom stereocenters. The van der Waals surface area contributed by atoms with Gasteiger partial charge in [-0.05, 0) is 19.1 Å². The number of benzene rings is 1. The van der Waals surface area contributed by atoms with Crippen LogP contribution in [0.5, 0.6) is 0 Å². The molecular weight excluding hydrogens is 225 g/mol. The van der Waals surface area contributed by atoms with E-state index in [0.717, 1.165) is 0 Å². The molecule has 88 valence electrons. The minimum atomic E-state index is -0.963. The molecule has 0 bridgehead atoms. The monoisotopic (exact) mass is 235 g/mol. The van der Waals surface area contributed by atoms with Crippen molar-refractivity contribution in [2.24, 2.45) is 0 Å². The fourth-order valence-electron chi connectivity index (χ4n) is 2.46. The third-order valence-electron chi connectivity index (χ3n) is 3.27. The number of esters is 1. The molecule has 17 heavy (non-hydrogen) atoms. The van der Waals surface area contributed by atoms with Crippen LogP contribution in [0.3, 0.4) is 0 Å². The second-order valence-corrected chi connectivity index (χ2v) is 4.43. The van der Waals surface area contributed by atoms with Crippen molar-refractivity contribution < 1.29 is 18.7 Å². The number of halogens is 1. The van der Waals surface area contributed by atoms with Gasteiger partial charge in [0.2, 0.25) is 5.91 Å². The number of anilines is 1. The lowest BCUT2D eigenvalue weighted by Crippen LogP contribution is -2.51. The van der Waals surface area contributed by atoms with Gasteiger partial charge < -0.3 is 4.74 Å². The summed E-state index contributed by atoms with van der Waals surface area (Å²) in [6.45, 7) is 1.67. The van der Waals surface area contributed by atoms with E-state index in [1.165, 1.54) is 17.0 Å². The van der Waals surface area contributed by atoms with Crippen LogP contribution in [0.15, 0.2) is 18.2 Å². The Morgan fingerprint density at radius 1 is 1.41 bits per heavy atom. The molecule has 1 saturated heterocycles. The lowest BCUT2D eigenvalue weighted by Gasteiger charge is -2.39. The molecule has 1 unspecified atom stereocenters. The Kier molecular flexibility index (Phi) is 1.85. The quantitative estimate of drug-likeness (QED) is 0.644. The molecule has 0 aliphatic carbocycles. The Morgan fingerprint density at radius 3 is 2.94 bits per heavy atom. The van der Waals surface area contributed by atoms with Crippen molar-refractivity contribution in [3.8, 4) is 0 Å². The van der Waals surface area contributed by atoms with Gasteiger partial charge in [0.05, 0.1) is 5.69 Å². The highest BCUT2D eigenvalue weighted by Gasteiger charge is 2.50. The zero-order valence-electron chi connectivity index (χ0n) is 9.20. The molecule has 3 rings (SSSR count). The highest BCUT2D eigenvalue weighted by molar-refractivity contribution is 6.07. The van der Waals surface area contributed by atoms with E-state index in [4.69, 9.17) is 4.74 Å². The molecule has 4 nitrogen and oxygen atoms in total. The average molecular weight is 235 g/mol. The van der Waals surface area contributed by atoms with Crippen LogP contribution in [0.25, 0.3) is 0 Å². The lowest BCUT2D eigenvalue weighted by atomic mass is 10.1. The summed E-state index contributed by atoms with van der Waals surface area (Å²) < 4.78 is 18.8. The van der Waals surface area contributed by atoms with Crippen molar-refractivity contribution in [2.45, 2.75) is 25.5 Å². The Balaban J connectivity index is 2.26. The summed E-state index contributed by atoms with van der Waals surface area (Å²) in [4.78, 5) is 24.9. The third-order valence-corrected chi connectivity index (χ3v) is 3.27. The van der Waals surface area contributed by atoms with Crippen LogP contribution in [0.4, 0.5) is 10.1 Å². The number of fused-ring (bicyclic) bond motifs is 3. The maximum Gasteiger partial charge on any atom is 0.345 e. The van der Waals surface area contributed by atoms with Crippen molar-refractivity contribution in [2.75, 3.05) is 4.90 Å². The van der Waals surface area contributed by atoms with Crippen molar-refractivity contribution in [1.29, 1.82) is 0 Å². The molecule has 2 aliphatic rings. The van der Waals surface area contributed by atoms with Crippen LogP contribution in [-0.2, 0) is 9.53 Å². The SMILES string of the molecule is CC12CCC(=O)N1c1cccc(F)c1C(=O)O2. The normalized spacial score (nSPS) is 26.6. The van der Waals surface area contributed by atoms with E-state index in [0.29, 0.717) is 18.5 Å². The van der Waals surface area contributed by atoms with Gasteiger partial charge in [-0.15, -0.1) is 0 Å². The first kappa shape index (κ1) is 10.3. The molecule has 0 N–H and O–H groups in total. The van der Waals surface area contributed by atoms with E-state index in [1.807, 2.05) is 0 Å². The van der Waals surface area contributed by atoms with Gasteiger partial charge in [0.15, 0.2) is 5.72 Å². The fraction of sp³-hybridized carbons (Fsp3) is 0.333. The third kappa shape index (κ3) is 1.22. The number of rotatable bonds is 0. The van der Waals surface area contributed by atoms with Crippen LogP contribution >= 0.6 is 0 Å². The van der Waals surface area contributed by atoms with Gasteiger partial charge in [-0.3, -0.25) is 9.69 Å². The standard InChI is InChI=1S/C12H10FNO3/c1-12-6-5-9(15)14(12)8-4-2-3-7(13)10(8)11(16)17-12/h2-4H,5-6H2,1H3. The molecule has 0 spiro atoms. The topological polar surface area (TPSA) is 46.6 Å². The first-order valence-electron chi connectivity index (χ1n) is 5.38. The predicted octanol–water partition coefficient (Wildman–Crippen LogP) is 1.84. The average Bonchev–Trinajstić information content (AvgIpc) is 2.54. The molecule has 0 aromatic heterocycles. The van der Waals surface area contributed by atoms with Gasteiger partial charge in [0.1, 0.15) is 11.4 Å². The summed E-state index contributed by atoms with van der Waals surface area (Å²) in [5, 5.41) is 0. The molecule has 5 heteroatoms. The first-order chi connectivity index (χ1) is 8.03. The molecule has 0 saturated carbocycles. The lowest BCUT2D eigenvalue weighted by molar-refractivity contribution is -0.118. The largest absolute Gasteiger partial charge is 0.435 e. The molecule has 1 fully saturated rings. The molecule has 2 aliphatic heterocycles. The molecular formula is C12H10FNO3. The second kappa shape index (κ2) is 3.06. The molecule has 1 aromatic rings. The Morgan fingerprint density at radius 2 is 2.18 bits per heavy atom. The van der Waals surface area contributed by atoms with Crippen LogP contribution in [0.1, 0.15) is 30.1 Å². The smallest absolute Gasteiger partial charge is 0.345 e.